The molecule has 178 valence electrons. The molecule has 0 spiro atoms. The molecule has 1 heterocycles. The average Bonchev–Trinajstić information content (AvgIpc) is 3.37. The van der Waals surface area contributed by atoms with Gasteiger partial charge in [-0.3, -0.25) is 14.9 Å². The lowest BCUT2D eigenvalue weighted by Crippen LogP contribution is -2.45. The van der Waals surface area contributed by atoms with E-state index in [1.54, 1.807) is 18.2 Å². The highest BCUT2D eigenvalue weighted by atomic mass is 35.5. The van der Waals surface area contributed by atoms with Crippen LogP contribution in [0.15, 0.2) is 97.1 Å². The maximum Gasteiger partial charge on any atom is 0.251 e. The smallest absolute Gasteiger partial charge is 0.251 e. The van der Waals surface area contributed by atoms with E-state index in [0.717, 1.165) is 21.9 Å². The molecule has 36 heavy (non-hydrogen) atoms. The van der Waals surface area contributed by atoms with Gasteiger partial charge in [-0.1, -0.05) is 95.7 Å². The highest BCUT2D eigenvalue weighted by Gasteiger charge is 2.23. The minimum atomic E-state index is -0.811. The van der Waals surface area contributed by atoms with Crippen LogP contribution in [-0.4, -0.2) is 28.1 Å². The topological polar surface area (TPSA) is 84.0 Å². The molecule has 8 heteroatoms. The molecule has 5 rings (SSSR count). The van der Waals surface area contributed by atoms with Crippen LogP contribution in [0, 0.1) is 0 Å². The van der Waals surface area contributed by atoms with Crippen LogP contribution in [-0.2, 0) is 11.2 Å². The number of rotatable bonds is 7. The van der Waals surface area contributed by atoms with Gasteiger partial charge in [-0.15, -0.1) is 10.2 Å². The molecule has 0 aliphatic carbocycles. The fourth-order valence-corrected chi connectivity index (χ4v) is 4.68. The van der Waals surface area contributed by atoms with Crippen LogP contribution in [0.5, 0.6) is 0 Å². The number of aromatic nitrogens is 2. The number of anilines is 1. The molecule has 0 radical (unpaired) electrons. The maximum absolute atomic E-state index is 13.3. The molecule has 0 aliphatic rings. The number of hydrogen-bond donors (Lipinski definition) is 2. The zero-order valence-electron chi connectivity index (χ0n) is 19.0. The van der Waals surface area contributed by atoms with E-state index in [2.05, 4.69) is 20.8 Å². The molecule has 0 saturated heterocycles. The summed E-state index contributed by atoms with van der Waals surface area (Å²) in [5, 5.41) is 17.6. The second-order valence-electron chi connectivity index (χ2n) is 8.19. The third-order valence-electron chi connectivity index (χ3n) is 5.66. The van der Waals surface area contributed by atoms with Gasteiger partial charge in [-0.05, 0) is 40.6 Å². The average molecular weight is 513 g/mol. The van der Waals surface area contributed by atoms with E-state index in [-0.39, 0.29) is 11.8 Å². The summed E-state index contributed by atoms with van der Waals surface area (Å²) in [6.07, 6.45) is 0.328. The van der Waals surface area contributed by atoms with E-state index < -0.39 is 6.04 Å². The fraction of sp³-hybridized carbons (Fsp3) is 0.0714. The van der Waals surface area contributed by atoms with E-state index >= 15 is 0 Å². The number of halogens is 1. The number of carbonyl (C=O) groups excluding carboxylic acids is 2. The summed E-state index contributed by atoms with van der Waals surface area (Å²) in [6.45, 7) is 0. The first-order valence-electron chi connectivity index (χ1n) is 11.3. The molecule has 0 unspecified atom stereocenters. The number of fused-ring (bicyclic) bond motifs is 1. The Bertz CT molecular complexity index is 1520. The molecule has 0 aliphatic heterocycles. The Balaban J connectivity index is 1.35. The van der Waals surface area contributed by atoms with E-state index in [4.69, 9.17) is 11.6 Å². The number of benzene rings is 4. The number of nitrogens with one attached hydrogen (secondary N) is 2. The van der Waals surface area contributed by atoms with Gasteiger partial charge in [0, 0.05) is 22.6 Å². The fourth-order valence-electron chi connectivity index (χ4n) is 3.81. The van der Waals surface area contributed by atoms with Crippen LogP contribution >= 0.6 is 22.9 Å². The van der Waals surface area contributed by atoms with Gasteiger partial charge in [0.05, 0.1) is 0 Å². The molecule has 1 aromatic heterocycles. The summed E-state index contributed by atoms with van der Waals surface area (Å²) < 4.78 is 0. The summed E-state index contributed by atoms with van der Waals surface area (Å²) >= 11 is 7.22. The minimum Gasteiger partial charge on any atom is -0.340 e. The van der Waals surface area contributed by atoms with E-state index in [1.807, 2.05) is 78.9 Å². The lowest BCUT2D eigenvalue weighted by atomic mass is 10.0. The van der Waals surface area contributed by atoms with E-state index in [9.17, 15) is 9.59 Å². The van der Waals surface area contributed by atoms with Crippen molar-refractivity contribution in [2.24, 2.45) is 0 Å². The quantitative estimate of drug-likeness (QED) is 0.280. The van der Waals surface area contributed by atoms with E-state index in [1.165, 1.54) is 11.3 Å². The Morgan fingerprint density at radius 3 is 2.33 bits per heavy atom. The first-order chi connectivity index (χ1) is 17.5. The zero-order valence-corrected chi connectivity index (χ0v) is 20.6. The van der Waals surface area contributed by atoms with Crippen molar-refractivity contribution in [2.75, 3.05) is 5.32 Å². The Morgan fingerprint density at radius 2 is 1.56 bits per heavy atom. The number of nitrogens with zero attached hydrogens (tertiary/aromatic N) is 2. The SMILES string of the molecule is O=C(N[C@@H](Cc1ccccc1)C(=O)Nc1nnc(-c2ccc(Cl)cc2)s1)c1ccc2ccccc2c1. The third-order valence-corrected chi connectivity index (χ3v) is 6.80. The number of hydrogen-bond acceptors (Lipinski definition) is 5. The van der Waals surface area contributed by atoms with Crippen LogP contribution in [0.25, 0.3) is 21.3 Å². The zero-order chi connectivity index (χ0) is 24.9. The van der Waals surface area contributed by atoms with Gasteiger partial charge in [0.1, 0.15) is 11.0 Å². The predicted molar refractivity (Wildman–Crippen MR) is 144 cm³/mol. The van der Waals surface area contributed by atoms with Crippen LogP contribution in [0.4, 0.5) is 5.13 Å². The molecule has 1 atom stereocenters. The van der Waals surface area contributed by atoms with Crippen molar-refractivity contribution in [3.63, 3.8) is 0 Å². The Kier molecular flexibility index (Phi) is 7.02. The van der Waals surface area contributed by atoms with Gasteiger partial charge in [0.25, 0.3) is 5.91 Å². The number of amides is 2. The molecule has 2 N–H and O–H groups in total. The molecule has 0 fully saturated rings. The first-order valence-corrected chi connectivity index (χ1v) is 12.5. The highest BCUT2D eigenvalue weighted by Crippen LogP contribution is 2.27. The maximum atomic E-state index is 13.3. The molecule has 6 nitrogen and oxygen atoms in total. The van der Waals surface area contributed by atoms with Crippen LogP contribution in [0.1, 0.15) is 15.9 Å². The Hall–Kier alpha value is -4.07. The van der Waals surface area contributed by atoms with Crippen LogP contribution in [0.2, 0.25) is 5.02 Å². The first kappa shape index (κ1) is 23.7. The van der Waals surface area contributed by atoms with Crippen molar-refractivity contribution in [1.82, 2.24) is 15.5 Å². The monoisotopic (exact) mass is 512 g/mol. The summed E-state index contributed by atoms with van der Waals surface area (Å²) in [5.74, 6) is -0.692. The summed E-state index contributed by atoms with van der Waals surface area (Å²) in [5.41, 5.74) is 2.26. The van der Waals surface area contributed by atoms with Gasteiger partial charge >= 0.3 is 0 Å². The highest BCUT2D eigenvalue weighted by molar-refractivity contribution is 7.18. The second-order valence-corrected chi connectivity index (χ2v) is 9.60. The molecular formula is C28H21ClN4O2S. The van der Waals surface area contributed by atoms with Gasteiger partial charge < -0.3 is 5.32 Å². The van der Waals surface area contributed by atoms with E-state index in [0.29, 0.717) is 27.1 Å². The van der Waals surface area contributed by atoms with Gasteiger partial charge in [0.2, 0.25) is 11.0 Å². The molecule has 0 saturated carbocycles. The van der Waals surface area contributed by atoms with Crippen LogP contribution < -0.4 is 10.6 Å². The van der Waals surface area contributed by atoms with Crippen molar-refractivity contribution in [3.05, 3.63) is 113 Å². The summed E-state index contributed by atoms with van der Waals surface area (Å²) in [6, 6.07) is 29.3. The van der Waals surface area contributed by atoms with Crippen molar-refractivity contribution < 1.29 is 9.59 Å². The van der Waals surface area contributed by atoms with Gasteiger partial charge in [-0.25, -0.2) is 0 Å². The summed E-state index contributed by atoms with van der Waals surface area (Å²) in [7, 11) is 0. The predicted octanol–water partition coefficient (Wildman–Crippen LogP) is 5.99. The third kappa shape index (κ3) is 5.59. The Labute approximate surface area is 217 Å². The lowest BCUT2D eigenvalue weighted by Gasteiger charge is -2.18. The minimum absolute atomic E-state index is 0.323. The Morgan fingerprint density at radius 1 is 0.833 bits per heavy atom. The van der Waals surface area contributed by atoms with Crippen molar-refractivity contribution in [3.8, 4) is 10.6 Å². The normalized spacial score (nSPS) is 11.7. The van der Waals surface area contributed by atoms with Crippen molar-refractivity contribution >= 4 is 50.7 Å². The van der Waals surface area contributed by atoms with Gasteiger partial charge in [-0.2, -0.15) is 0 Å². The van der Waals surface area contributed by atoms with Gasteiger partial charge in [0.15, 0.2) is 0 Å². The standard InChI is InChI=1S/C28H21ClN4O2S/c29-23-14-12-20(13-15-23)27-32-33-28(36-27)31-26(35)24(16-18-6-2-1-3-7-18)30-25(34)22-11-10-19-8-4-5-9-21(19)17-22/h1-15,17,24H,16H2,(H,30,34)(H,31,33,35)/t24-/m0/s1. The largest absolute Gasteiger partial charge is 0.340 e. The van der Waals surface area contributed by atoms with Crippen molar-refractivity contribution in [1.29, 1.82) is 0 Å². The second kappa shape index (κ2) is 10.7. The molecular weight excluding hydrogens is 492 g/mol. The summed E-state index contributed by atoms with van der Waals surface area (Å²) in [4.78, 5) is 26.4. The molecule has 2 amide bonds. The van der Waals surface area contributed by atoms with Crippen LogP contribution in [0.3, 0.4) is 0 Å². The lowest BCUT2D eigenvalue weighted by molar-refractivity contribution is -0.118. The molecule has 4 aromatic carbocycles. The number of carbonyl (C=O) groups is 2. The van der Waals surface area contributed by atoms with Crippen molar-refractivity contribution in [2.45, 2.75) is 12.5 Å². The molecule has 0 bridgehead atoms. The molecule has 5 aromatic rings.